The number of carbonyl (C=O) groups excluding carboxylic acids is 1. The summed E-state index contributed by atoms with van der Waals surface area (Å²) in [5.41, 5.74) is 0.600. The second-order valence-electron chi connectivity index (χ2n) is 7.24. The molecule has 3 atom stereocenters. The van der Waals surface area contributed by atoms with Crippen LogP contribution in [-0.2, 0) is 11.3 Å². The number of aliphatic hydroxyl groups is 1. The van der Waals surface area contributed by atoms with Crippen molar-refractivity contribution in [1.29, 1.82) is 0 Å². The fraction of sp³-hybridized carbons (Fsp3) is 0.400. The Morgan fingerprint density at radius 1 is 1.27 bits per heavy atom. The largest absolute Gasteiger partial charge is 0.481 e. The van der Waals surface area contributed by atoms with Gasteiger partial charge in [0.1, 0.15) is 6.23 Å². The maximum Gasteiger partial charge on any atom is 0.315 e. The second kappa shape index (κ2) is 8.90. The maximum absolute atomic E-state index is 12.6. The highest BCUT2D eigenvalue weighted by Gasteiger charge is 2.34. The molecule has 10 heteroatoms. The topological polar surface area (TPSA) is 120 Å². The molecule has 0 aliphatic carbocycles. The Labute approximate surface area is 177 Å². The van der Waals surface area contributed by atoms with Gasteiger partial charge in [0.25, 0.3) is 0 Å². The van der Waals surface area contributed by atoms with Gasteiger partial charge in [-0.3, -0.25) is 9.69 Å². The molecule has 9 nitrogen and oxygen atoms in total. The number of benzene rings is 1. The van der Waals surface area contributed by atoms with Gasteiger partial charge < -0.3 is 30.3 Å². The van der Waals surface area contributed by atoms with Gasteiger partial charge in [-0.15, -0.1) is 11.3 Å². The minimum atomic E-state index is -1.04. The van der Waals surface area contributed by atoms with E-state index in [1.54, 1.807) is 29.5 Å². The molecule has 4 N–H and O–H groups in total. The first-order valence-electron chi connectivity index (χ1n) is 9.62. The number of aliphatic carboxylic acids is 1. The standard InChI is InChI=1S/C20H23N3O6S/c24-18(25)9-15(12-3-4-16-17(8-12)29-11-28-16)22-20(27)21-14-5-6-23(19(14)26)10-13-2-1-7-30-13/h1-4,7-8,14-15,19,26H,5-6,9-11H2,(H,24,25)(H2,21,22,27)/t14-,15-,19?/m0/s1. The molecule has 3 heterocycles. The summed E-state index contributed by atoms with van der Waals surface area (Å²) >= 11 is 1.62. The second-order valence-corrected chi connectivity index (χ2v) is 8.27. The molecule has 0 spiro atoms. The molecule has 0 radical (unpaired) electrons. The summed E-state index contributed by atoms with van der Waals surface area (Å²) < 4.78 is 10.6. The van der Waals surface area contributed by atoms with E-state index in [0.29, 0.717) is 36.6 Å². The number of carbonyl (C=O) groups is 2. The van der Waals surface area contributed by atoms with Gasteiger partial charge in [0.2, 0.25) is 6.79 Å². The summed E-state index contributed by atoms with van der Waals surface area (Å²) in [7, 11) is 0. The van der Waals surface area contributed by atoms with Crippen LogP contribution in [0.3, 0.4) is 0 Å². The third kappa shape index (κ3) is 4.66. The highest BCUT2D eigenvalue weighted by Crippen LogP contribution is 2.34. The molecule has 2 aliphatic heterocycles. The highest BCUT2D eigenvalue weighted by molar-refractivity contribution is 7.09. The molecular formula is C20H23N3O6S. The zero-order valence-corrected chi connectivity index (χ0v) is 16.9. The molecule has 0 bridgehead atoms. The van der Waals surface area contributed by atoms with Crippen molar-refractivity contribution < 1.29 is 29.3 Å². The van der Waals surface area contributed by atoms with E-state index < -0.39 is 30.3 Å². The minimum Gasteiger partial charge on any atom is -0.481 e. The lowest BCUT2D eigenvalue weighted by molar-refractivity contribution is -0.137. The normalized spacial score (nSPS) is 21.4. The number of hydrogen-bond donors (Lipinski definition) is 4. The number of hydrogen-bond acceptors (Lipinski definition) is 7. The van der Waals surface area contributed by atoms with Crippen LogP contribution in [0.2, 0.25) is 0 Å². The Morgan fingerprint density at radius 2 is 2.10 bits per heavy atom. The molecule has 0 saturated carbocycles. The van der Waals surface area contributed by atoms with Gasteiger partial charge in [-0.2, -0.15) is 0 Å². The van der Waals surface area contributed by atoms with E-state index in [0.717, 1.165) is 4.88 Å². The van der Waals surface area contributed by atoms with Crippen LogP contribution in [0.25, 0.3) is 0 Å². The highest BCUT2D eigenvalue weighted by atomic mass is 32.1. The van der Waals surface area contributed by atoms with Gasteiger partial charge >= 0.3 is 12.0 Å². The van der Waals surface area contributed by atoms with E-state index in [2.05, 4.69) is 10.6 Å². The molecule has 1 fully saturated rings. The number of carboxylic acids is 1. The fourth-order valence-corrected chi connectivity index (χ4v) is 4.42. The number of thiophene rings is 1. The number of likely N-dealkylation sites (tertiary alicyclic amines) is 1. The molecule has 4 rings (SSSR count). The van der Waals surface area contributed by atoms with Gasteiger partial charge in [-0.1, -0.05) is 12.1 Å². The van der Waals surface area contributed by atoms with Gasteiger partial charge in [0.15, 0.2) is 11.5 Å². The third-order valence-electron chi connectivity index (χ3n) is 5.20. The summed E-state index contributed by atoms with van der Waals surface area (Å²) in [5.74, 6) is 0.0544. The Kier molecular flexibility index (Phi) is 6.07. The lowest BCUT2D eigenvalue weighted by Crippen LogP contribution is -2.49. The minimum absolute atomic E-state index is 0.109. The molecule has 2 aliphatic rings. The lowest BCUT2D eigenvalue weighted by Gasteiger charge is -2.24. The summed E-state index contributed by atoms with van der Waals surface area (Å²) in [4.78, 5) is 26.9. The van der Waals surface area contributed by atoms with E-state index in [1.165, 1.54) is 0 Å². The van der Waals surface area contributed by atoms with Crippen LogP contribution < -0.4 is 20.1 Å². The van der Waals surface area contributed by atoms with E-state index >= 15 is 0 Å². The molecule has 2 amide bonds. The van der Waals surface area contributed by atoms with E-state index in [4.69, 9.17) is 9.47 Å². The number of rotatable bonds is 7. The molecule has 1 aromatic heterocycles. The van der Waals surface area contributed by atoms with Crippen molar-refractivity contribution in [1.82, 2.24) is 15.5 Å². The van der Waals surface area contributed by atoms with Crippen LogP contribution in [-0.4, -0.2) is 52.7 Å². The van der Waals surface area contributed by atoms with Crippen molar-refractivity contribution in [2.45, 2.75) is 37.7 Å². The van der Waals surface area contributed by atoms with Crippen LogP contribution in [0.4, 0.5) is 4.79 Å². The summed E-state index contributed by atoms with van der Waals surface area (Å²) in [6.07, 6.45) is -0.487. The van der Waals surface area contributed by atoms with Crippen LogP contribution in [0.1, 0.15) is 29.3 Å². The number of ether oxygens (including phenoxy) is 2. The first kappa shape index (κ1) is 20.5. The first-order chi connectivity index (χ1) is 14.5. The van der Waals surface area contributed by atoms with Crippen LogP contribution in [0.15, 0.2) is 35.7 Å². The summed E-state index contributed by atoms with van der Waals surface area (Å²) in [5, 5.41) is 27.3. The summed E-state index contributed by atoms with van der Waals surface area (Å²) in [6.45, 7) is 1.39. The SMILES string of the molecule is O=C(O)C[C@H](NC(=O)N[C@H]1CCN(Cc2cccs2)C1O)c1ccc2c(c1)OCO2. The quantitative estimate of drug-likeness (QED) is 0.526. The van der Waals surface area contributed by atoms with Crippen molar-refractivity contribution in [2.24, 2.45) is 0 Å². The number of aliphatic hydroxyl groups excluding tert-OH is 1. The molecule has 160 valence electrons. The molecule has 1 unspecified atom stereocenters. The number of carboxylic acid groups (broad SMARTS) is 1. The van der Waals surface area contributed by atoms with E-state index in [9.17, 15) is 19.8 Å². The van der Waals surface area contributed by atoms with E-state index in [-0.39, 0.29) is 13.2 Å². The first-order valence-corrected chi connectivity index (χ1v) is 10.5. The lowest BCUT2D eigenvalue weighted by atomic mass is 10.0. The predicted molar refractivity (Wildman–Crippen MR) is 108 cm³/mol. The van der Waals surface area contributed by atoms with Crippen molar-refractivity contribution in [2.75, 3.05) is 13.3 Å². The van der Waals surface area contributed by atoms with Gasteiger partial charge in [0.05, 0.1) is 18.5 Å². The van der Waals surface area contributed by atoms with Crippen molar-refractivity contribution in [3.8, 4) is 11.5 Å². The molecule has 2 aromatic rings. The molecule has 1 saturated heterocycles. The fourth-order valence-electron chi connectivity index (χ4n) is 3.69. The Hall–Kier alpha value is -2.82. The average molecular weight is 433 g/mol. The Bertz CT molecular complexity index is 906. The van der Waals surface area contributed by atoms with Gasteiger partial charge in [-0.05, 0) is 35.6 Å². The van der Waals surface area contributed by atoms with Crippen LogP contribution in [0, 0.1) is 0 Å². The Balaban J connectivity index is 1.37. The summed E-state index contributed by atoms with van der Waals surface area (Å²) in [6, 6.07) is 7.32. The van der Waals surface area contributed by atoms with Gasteiger partial charge in [-0.25, -0.2) is 4.79 Å². The van der Waals surface area contributed by atoms with Crippen LogP contribution in [0.5, 0.6) is 11.5 Å². The average Bonchev–Trinajstić information content (AvgIpc) is 3.45. The Morgan fingerprint density at radius 3 is 2.87 bits per heavy atom. The number of nitrogens with one attached hydrogen (secondary N) is 2. The molecule has 1 aromatic carbocycles. The van der Waals surface area contributed by atoms with Crippen molar-refractivity contribution >= 4 is 23.3 Å². The number of fused-ring (bicyclic) bond motifs is 1. The van der Waals surface area contributed by atoms with Crippen molar-refractivity contribution in [3.05, 3.63) is 46.2 Å². The third-order valence-corrected chi connectivity index (χ3v) is 6.06. The molecule has 30 heavy (non-hydrogen) atoms. The number of urea groups is 1. The number of amides is 2. The number of nitrogens with zero attached hydrogens (tertiary/aromatic N) is 1. The van der Waals surface area contributed by atoms with Gasteiger partial charge in [0, 0.05) is 18.0 Å². The maximum atomic E-state index is 12.6. The zero-order chi connectivity index (χ0) is 21.1. The van der Waals surface area contributed by atoms with Crippen LogP contribution >= 0.6 is 11.3 Å². The van der Waals surface area contributed by atoms with E-state index in [1.807, 2.05) is 22.4 Å². The predicted octanol–water partition coefficient (Wildman–Crippen LogP) is 1.88. The molecular weight excluding hydrogens is 410 g/mol. The monoisotopic (exact) mass is 433 g/mol. The van der Waals surface area contributed by atoms with Crippen molar-refractivity contribution in [3.63, 3.8) is 0 Å². The smallest absolute Gasteiger partial charge is 0.315 e. The zero-order valence-electron chi connectivity index (χ0n) is 16.1.